The number of aliphatic hydroxyl groups is 1. The van der Waals surface area contributed by atoms with Crippen molar-refractivity contribution in [2.75, 3.05) is 19.0 Å². The topological polar surface area (TPSA) is 76.6 Å². The molecule has 0 aliphatic carbocycles. The molecule has 180 valence electrons. The number of hydrogen-bond donors (Lipinski definition) is 2. The molecule has 0 saturated carbocycles. The van der Waals surface area contributed by atoms with Gasteiger partial charge in [-0.1, -0.05) is 32.9 Å². The zero-order valence-electron chi connectivity index (χ0n) is 20.3. The Hall–Kier alpha value is -2.58. The van der Waals surface area contributed by atoms with Crippen LogP contribution in [0.1, 0.15) is 33.3 Å². The van der Waals surface area contributed by atoms with E-state index < -0.39 is 5.97 Å². The fourth-order valence-corrected chi connectivity index (χ4v) is 4.85. The molecular weight excluding hydrogens is 448 g/mol. The maximum atomic E-state index is 9.86. The molecule has 0 radical (unpaired) electrons. The van der Waals surface area contributed by atoms with Crippen LogP contribution in [0.2, 0.25) is 0 Å². The van der Waals surface area contributed by atoms with Gasteiger partial charge in [0.1, 0.15) is 24.1 Å². The van der Waals surface area contributed by atoms with Crippen LogP contribution in [0.5, 0.6) is 5.75 Å². The van der Waals surface area contributed by atoms with Crippen molar-refractivity contribution in [2.24, 2.45) is 0 Å². The smallest absolute Gasteiger partial charge is 0.277 e. The number of thioether (sulfide) groups is 1. The van der Waals surface area contributed by atoms with Gasteiger partial charge in [-0.25, -0.2) is 4.98 Å². The van der Waals surface area contributed by atoms with Crippen molar-refractivity contribution in [3.63, 3.8) is 0 Å². The summed E-state index contributed by atoms with van der Waals surface area (Å²) in [7, 11) is 0. The Morgan fingerprint density at radius 3 is 2.79 bits per heavy atom. The van der Waals surface area contributed by atoms with Gasteiger partial charge in [-0.05, 0) is 59.7 Å². The Morgan fingerprint density at radius 1 is 1.24 bits per heavy atom. The number of fused-ring (bicyclic) bond motifs is 3. The summed E-state index contributed by atoms with van der Waals surface area (Å²) in [5.74, 6) is 0.188. The third-order valence-electron chi connectivity index (χ3n) is 5.51. The first-order chi connectivity index (χ1) is 16.4. The van der Waals surface area contributed by atoms with Gasteiger partial charge in [-0.3, -0.25) is 0 Å². The van der Waals surface area contributed by atoms with Gasteiger partial charge in [0.15, 0.2) is 0 Å². The molecule has 1 fully saturated rings. The molecule has 2 N–H and O–H groups in total. The molecule has 7 heteroatoms. The molecule has 2 atom stereocenters. The average Bonchev–Trinajstić information content (AvgIpc) is 3.38. The number of nitrogens with one attached hydrogen (secondary N) is 1. The van der Waals surface area contributed by atoms with Crippen LogP contribution in [0.3, 0.4) is 0 Å². The van der Waals surface area contributed by atoms with E-state index in [-0.39, 0.29) is 19.3 Å². The molecule has 0 bridgehead atoms. The number of aryl methyl sites for hydroxylation is 1. The lowest BCUT2D eigenvalue weighted by Gasteiger charge is -2.16. The average molecular weight is 481 g/mol. The molecule has 1 aliphatic rings. The van der Waals surface area contributed by atoms with E-state index in [0.29, 0.717) is 5.75 Å². The summed E-state index contributed by atoms with van der Waals surface area (Å²) in [5, 5.41) is 12.0. The fraction of sp³-hybridized carbons (Fsp3) is 0.370. The largest absolute Gasteiger partial charge is 0.489 e. The number of benzene rings is 2. The number of nitrogens with zero attached hydrogens (tertiary/aromatic N) is 1. The number of aromatic amines is 1. The number of pyridine rings is 1. The Balaban J connectivity index is 0.00000133. The highest BCUT2D eigenvalue weighted by molar-refractivity contribution is 7.99. The highest BCUT2D eigenvalue weighted by atomic mass is 32.2. The van der Waals surface area contributed by atoms with Crippen molar-refractivity contribution in [1.29, 1.82) is 0 Å². The van der Waals surface area contributed by atoms with E-state index in [9.17, 15) is 5.11 Å². The van der Waals surface area contributed by atoms with Crippen molar-refractivity contribution < 1.29 is 19.3 Å². The van der Waals surface area contributed by atoms with Crippen molar-refractivity contribution in [1.82, 2.24) is 9.97 Å². The molecule has 0 spiro atoms. The number of aromatic nitrogens is 2. The number of H-pyrrole nitrogens is 1. The van der Waals surface area contributed by atoms with Gasteiger partial charge < -0.3 is 24.3 Å². The second-order valence-electron chi connectivity index (χ2n) is 8.12. The van der Waals surface area contributed by atoms with Gasteiger partial charge in [0, 0.05) is 28.8 Å². The summed E-state index contributed by atoms with van der Waals surface area (Å²) in [4.78, 5) is 9.31. The first-order valence-corrected chi connectivity index (χ1v) is 12.7. The van der Waals surface area contributed by atoms with Gasteiger partial charge in [-0.15, -0.1) is 11.8 Å². The third kappa shape index (κ3) is 5.08. The van der Waals surface area contributed by atoms with Crippen molar-refractivity contribution >= 4 is 33.7 Å². The van der Waals surface area contributed by atoms with Crippen LogP contribution >= 0.6 is 11.8 Å². The normalized spacial score (nSPS) is 19.9. The quantitative estimate of drug-likeness (QED) is 0.316. The van der Waals surface area contributed by atoms with Crippen LogP contribution in [-0.2, 0) is 9.47 Å². The zero-order valence-corrected chi connectivity index (χ0v) is 21.2. The molecule has 0 amide bonds. The van der Waals surface area contributed by atoms with Gasteiger partial charge in [-0.2, -0.15) is 0 Å². The van der Waals surface area contributed by atoms with Crippen LogP contribution in [0.15, 0.2) is 53.6 Å². The lowest BCUT2D eigenvalue weighted by atomic mass is 9.99. The van der Waals surface area contributed by atoms with E-state index in [4.69, 9.17) is 14.2 Å². The lowest BCUT2D eigenvalue weighted by molar-refractivity contribution is -0.299. The molecule has 4 aromatic rings. The minimum absolute atomic E-state index is 0.273. The van der Waals surface area contributed by atoms with Crippen molar-refractivity contribution in [3.05, 3.63) is 54.2 Å². The fourth-order valence-electron chi connectivity index (χ4n) is 4.14. The van der Waals surface area contributed by atoms with Crippen molar-refractivity contribution in [2.45, 2.75) is 51.6 Å². The Labute approximate surface area is 204 Å². The SMILES string of the molecule is CC.CCSc1cccc(-c2ccc(OCC3COC(C)(O)O3)c3[nH]c4ncc(C)cc4c23)c1. The maximum Gasteiger partial charge on any atom is 0.277 e. The number of rotatable bonds is 6. The summed E-state index contributed by atoms with van der Waals surface area (Å²) >= 11 is 1.83. The maximum absolute atomic E-state index is 9.86. The predicted molar refractivity (Wildman–Crippen MR) is 138 cm³/mol. The second-order valence-corrected chi connectivity index (χ2v) is 9.45. The molecule has 6 nitrogen and oxygen atoms in total. The minimum Gasteiger partial charge on any atom is -0.489 e. The summed E-state index contributed by atoms with van der Waals surface area (Å²) < 4.78 is 16.8. The van der Waals surface area contributed by atoms with Gasteiger partial charge in [0.05, 0.1) is 12.1 Å². The molecular formula is C27H32N2O4S. The molecule has 3 heterocycles. The van der Waals surface area contributed by atoms with Crippen LogP contribution < -0.4 is 4.74 Å². The van der Waals surface area contributed by atoms with Crippen LogP contribution in [0, 0.1) is 6.92 Å². The molecule has 5 rings (SSSR count). The van der Waals surface area contributed by atoms with Crippen LogP contribution in [0.4, 0.5) is 0 Å². The van der Waals surface area contributed by atoms with Crippen LogP contribution in [0.25, 0.3) is 33.1 Å². The summed E-state index contributed by atoms with van der Waals surface area (Å²) in [6, 6.07) is 14.9. The first-order valence-electron chi connectivity index (χ1n) is 11.7. The van der Waals surface area contributed by atoms with Gasteiger partial charge in [0.2, 0.25) is 0 Å². The third-order valence-corrected chi connectivity index (χ3v) is 6.38. The summed E-state index contributed by atoms with van der Waals surface area (Å²) in [6.45, 7) is 10.2. The van der Waals surface area contributed by atoms with E-state index in [1.807, 2.05) is 44.8 Å². The van der Waals surface area contributed by atoms with E-state index in [0.717, 1.165) is 44.4 Å². The van der Waals surface area contributed by atoms with E-state index >= 15 is 0 Å². The highest BCUT2D eigenvalue weighted by Crippen LogP contribution is 2.40. The molecule has 2 aromatic carbocycles. The Morgan fingerprint density at radius 2 is 2.06 bits per heavy atom. The van der Waals surface area contributed by atoms with Gasteiger partial charge in [0.25, 0.3) is 5.97 Å². The number of hydrogen-bond acceptors (Lipinski definition) is 6. The predicted octanol–water partition coefficient (Wildman–Crippen LogP) is 6.29. The monoisotopic (exact) mass is 480 g/mol. The Bertz CT molecular complexity index is 1280. The summed E-state index contributed by atoms with van der Waals surface area (Å²) in [6.07, 6.45) is 1.52. The minimum atomic E-state index is -1.56. The molecule has 2 unspecified atom stereocenters. The van der Waals surface area contributed by atoms with E-state index in [1.54, 1.807) is 0 Å². The standard InChI is InChI=1S/C25H26N2O4S.C2H6/c1-4-32-18-7-5-6-16(11-18)19-8-9-21(29-13-17-14-30-25(3,28)31-17)23-22(19)20-10-15(2)12-26-24(20)27-23;1-2/h5-12,17,28H,4,13-14H2,1-3H3,(H,26,27);1-2H3. The zero-order chi connectivity index (χ0) is 24.3. The van der Waals surface area contributed by atoms with Crippen molar-refractivity contribution in [3.8, 4) is 16.9 Å². The summed E-state index contributed by atoms with van der Waals surface area (Å²) in [5.41, 5.74) is 5.11. The van der Waals surface area contributed by atoms with E-state index in [2.05, 4.69) is 53.3 Å². The Kier molecular flexibility index (Phi) is 7.48. The number of ether oxygens (including phenoxy) is 3. The molecule has 1 saturated heterocycles. The van der Waals surface area contributed by atoms with Gasteiger partial charge >= 0.3 is 0 Å². The molecule has 34 heavy (non-hydrogen) atoms. The van der Waals surface area contributed by atoms with E-state index in [1.165, 1.54) is 11.8 Å². The lowest BCUT2D eigenvalue weighted by Crippen LogP contribution is -2.27. The first kappa shape index (κ1) is 24.5. The molecule has 2 aromatic heterocycles. The van der Waals surface area contributed by atoms with Crippen LogP contribution in [-0.4, -0.2) is 46.1 Å². The highest BCUT2D eigenvalue weighted by Gasteiger charge is 2.35. The second kappa shape index (κ2) is 10.4. The molecule has 1 aliphatic heterocycles.